The number of carbonyl (C=O) groups excluding carboxylic acids is 1. The third-order valence-corrected chi connectivity index (χ3v) is 5.07. The van der Waals surface area contributed by atoms with E-state index in [0.29, 0.717) is 11.7 Å². The van der Waals surface area contributed by atoms with Crippen molar-refractivity contribution >= 4 is 23.4 Å². The SMILES string of the molecule is CC(C)c1ccc(NC(=O)CSCc2ccc(-n3cccn3)cc2)cc1. The number of thioether (sulfide) groups is 1. The Hall–Kier alpha value is -2.53. The molecule has 4 nitrogen and oxygen atoms in total. The average Bonchev–Trinajstić information content (AvgIpc) is 3.17. The van der Waals surface area contributed by atoms with Crippen molar-refractivity contribution in [3.8, 4) is 5.69 Å². The molecule has 0 saturated carbocycles. The zero-order valence-corrected chi connectivity index (χ0v) is 15.9. The van der Waals surface area contributed by atoms with Crippen molar-refractivity contribution in [1.82, 2.24) is 9.78 Å². The van der Waals surface area contributed by atoms with Crippen LogP contribution in [0.15, 0.2) is 67.0 Å². The van der Waals surface area contributed by atoms with Crippen LogP contribution in [0, 0.1) is 0 Å². The van der Waals surface area contributed by atoms with E-state index in [9.17, 15) is 4.79 Å². The van der Waals surface area contributed by atoms with Gasteiger partial charge in [0.25, 0.3) is 0 Å². The molecule has 0 unspecified atom stereocenters. The molecule has 1 amide bonds. The van der Waals surface area contributed by atoms with Crippen LogP contribution in [0.5, 0.6) is 0 Å². The van der Waals surface area contributed by atoms with Crippen molar-refractivity contribution in [2.24, 2.45) is 0 Å². The summed E-state index contributed by atoms with van der Waals surface area (Å²) in [6.45, 7) is 4.32. The lowest BCUT2D eigenvalue weighted by atomic mass is 10.0. The van der Waals surface area contributed by atoms with Crippen LogP contribution in [0.25, 0.3) is 5.69 Å². The highest BCUT2D eigenvalue weighted by Crippen LogP contribution is 2.18. The molecular formula is C21H23N3OS. The van der Waals surface area contributed by atoms with Crippen molar-refractivity contribution in [3.63, 3.8) is 0 Å². The Morgan fingerprint density at radius 2 is 1.85 bits per heavy atom. The molecule has 26 heavy (non-hydrogen) atoms. The molecular weight excluding hydrogens is 342 g/mol. The second-order valence-electron chi connectivity index (χ2n) is 6.43. The minimum absolute atomic E-state index is 0.0282. The molecule has 3 rings (SSSR count). The number of carbonyl (C=O) groups is 1. The Bertz CT molecular complexity index is 825. The number of nitrogens with zero attached hydrogens (tertiary/aromatic N) is 2. The molecule has 0 aliphatic heterocycles. The van der Waals surface area contributed by atoms with E-state index in [2.05, 4.69) is 48.5 Å². The Balaban J connectivity index is 1.44. The first-order valence-corrected chi connectivity index (χ1v) is 9.84. The summed E-state index contributed by atoms with van der Waals surface area (Å²) in [5, 5.41) is 7.17. The molecule has 0 aliphatic carbocycles. The van der Waals surface area contributed by atoms with E-state index in [0.717, 1.165) is 17.1 Å². The number of amides is 1. The van der Waals surface area contributed by atoms with Gasteiger partial charge < -0.3 is 5.32 Å². The van der Waals surface area contributed by atoms with Gasteiger partial charge in [0.2, 0.25) is 5.91 Å². The number of benzene rings is 2. The summed E-state index contributed by atoms with van der Waals surface area (Å²) in [5.74, 6) is 1.77. The molecule has 0 atom stereocenters. The molecule has 3 aromatic rings. The maximum absolute atomic E-state index is 12.1. The summed E-state index contributed by atoms with van der Waals surface area (Å²) in [7, 11) is 0. The standard InChI is InChI=1S/C21H23N3OS/c1-16(2)18-6-8-19(9-7-18)23-21(25)15-26-14-17-4-10-20(11-5-17)24-13-3-12-22-24/h3-13,16H,14-15H2,1-2H3,(H,23,25). The molecule has 0 fully saturated rings. The highest BCUT2D eigenvalue weighted by atomic mass is 32.2. The molecule has 0 radical (unpaired) electrons. The van der Waals surface area contributed by atoms with Gasteiger partial charge in [-0.25, -0.2) is 4.68 Å². The fourth-order valence-corrected chi connectivity index (χ4v) is 3.36. The van der Waals surface area contributed by atoms with Gasteiger partial charge in [0.15, 0.2) is 0 Å². The monoisotopic (exact) mass is 365 g/mol. The highest BCUT2D eigenvalue weighted by molar-refractivity contribution is 7.99. The van der Waals surface area contributed by atoms with Gasteiger partial charge in [-0.1, -0.05) is 38.1 Å². The molecule has 1 heterocycles. The van der Waals surface area contributed by atoms with E-state index in [1.54, 1.807) is 18.0 Å². The number of hydrogen-bond donors (Lipinski definition) is 1. The van der Waals surface area contributed by atoms with E-state index < -0.39 is 0 Å². The van der Waals surface area contributed by atoms with Crippen molar-refractivity contribution in [3.05, 3.63) is 78.1 Å². The second kappa shape index (κ2) is 8.72. The first-order chi connectivity index (χ1) is 12.6. The van der Waals surface area contributed by atoms with Gasteiger partial charge in [0.05, 0.1) is 11.4 Å². The van der Waals surface area contributed by atoms with E-state index in [4.69, 9.17) is 0 Å². The molecule has 0 bridgehead atoms. The quantitative estimate of drug-likeness (QED) is 0.650. The summed E-state index contributed by atoms with van der Waals surface area (Å²) in [5.41, 5.74) is 4.35. The normalized spacial score (nSPS) is 10.9. The molecule has 0 saturated heterocycles. The van der Waals surface area contributed by atoms with Gasteiger partial charge in [0, 0.05) is 23.8 Å². The summed E-state index contributed by atoms with van der Waals surface area (Å²) in [6, 6.07) is 18.2. The first kappa shape index (κ1) is 18.3. The van der Waals surface area contributed by atoms with Crippen LogP contribution in [0.4, 0.5) is 5.69 Å². The van der Waals surface area contributed by atoms with Crippen LogP contribution in [0.3, 0.4) is 0 Å². The molecule has 1 N–H and O–H groups in total. The Labute approximate surface area is 158 Å². The molecule has 134 valence electrons. The van der Waals surface area contributed by atoms with Crippen LogP contribution >= 0.6 is 11.8 Å². The lowest BCUT2D eigenvalue weighted by molar-refractivity contribution is -0.113. The number of rotatable bonds is 7. The first-order valence-electron chi connectivity index (χ1n) is 8.68. The van der Waals surface area contributed by atoms with E-state index >= 15 is 0 Å². The second-order valence-corrected chi connectivity index (χ2v) is 7.42. The highest BCUT2D eigenvalue weighted by Gasteiger charge is 2.05. The van der Waals surface area contributed by atoms with Gasteiger partial charge in [-0.15, -0.1) is 11.8 Å². The van der Waals surface area contributed by atoms with Crippen LogP contribution in [-0.4, -0.2) is 21.4 Å². The third kappa shape index (κ3) is 4.99. The summed E-state index contributed by atoms with van der Waals surface area (Å²) >= 11 is 1.61. The molecule has 2 aromatic carbocycles. The van der Waals surface area contributed by atoms with E-state index in [1.165, 1.54) is 11.1 Å². The van der Waals surface area contributed by atoms with Crippen molar-refractivity contribution < 1.29 is 4.79 Å². The predicted octanol–water partition coefficient (Wildman–Crippen LogP) is 4.87. The topological polar surface area (TPSA) is 46.9 Å². The van der Waals surface area contributed by atoms with E-state index in [-0.39, 0.29) is 5.91 Å². The van der Waals surface area contributed by atoms with Crippen molar-refractivity contribution in [2.45, 2.75) is 25.5 Å². The summed E-state index contributed by atoms with van der Waals surface area (Å²) in [6.07, 6.45) is 3.68. The number of aromatic nitrogens is 2. The van der Waals surface area contributed by atoms with Gasteiger partial charge in [-0.2, -0.15) is 5.10 Å². The summed E-state index contributed by atoms with van der Waals surface area (Å²) in [4.78, 5) is 12.1. The molecule has 0 aliphatic rings. The number of nitrogens with one attached hydrogen (secondary N) is 1. The van der Waals surface area contributed by atoms with Crippen LogP contribution in [0.1, 0.15) is 30.9 Å². The van der Waals surface area contributed by atoms with Gasteiger partial charge >= 0.3 is 0 Å². The lowest BCUT2D eigenvalue weighted by Gasteiger charge is -2.08. The van der Waals surface area contributed by atoms with Crippen LogP contribution < -0.4 is 5.32 Å². The minimum atomic E-state index is 0.0282. The smallest absolute Gasteiger partial charge is 0.234 e. The maximum atomic E-state index is 12.1. The van der Waals surface area contributed by atoms with Crippen LogP contribution in [0.2, 0.25) is 0 Å². The number of anilines is 1. The average molecular weight is 366 g/mol. The fraction of sp³-hybridized carbons (Fsp3) is 0.238. The van der Waals surface area contributed by atoms with Gasteiger partial charge in [0.1, 0.15) is 0 Å². The zero-order valence-electron chi connectivity index (χ0n) is 15.1. The molecule has 5 heteroatoms. The summed E-state index contributed by atoms with van der Waals surface area (Å²) < 4.78 is 1.83. The number of hydrogen-bond acceptors (Lipinski definition) is 3. The molecule has 0 spiro atoms. The lowest BCUT2D eigenvalue weighted by Crippen LogP contribution is -2.14. The van der Waals surface area contributed by atoms with Gasteiger partial charge in [-0.3, -0.25) is 4.79 Å². The van der Waals surface area contributed by atoms with Crippen molar-refractivity contribution in [2.75, 3.05) is 11.1 Å². The predicted molar refractivity (Wildman–Crippen MR) is 109 cm³/mol. The maximum Gasteiger partial charge on any atom is 0.234 e. The van der Waals surface area contributed by atoms with Crippen LogP contribution in [-0.2, 0) is 10.5 Å². The fourth-order valence-electron chi connectivity index (χ4n) is 2.58. The van der Waals surface area contributed by atoms with Gasteiger partial charge in [-0.05, 0) is 47.4 Å². The zero-order chi connectivity index (χ0) is 18.4. The Kier molecular flexibility index (Phi) is 6.12. The molecule has 1 aromatic heterocycles. The third-order valence-electron chi connectivity index (χ3n) is 4.07. The van der Waals surface area contributed by atoms with Crippen molar-refractivity contribution in [1.29, 1.82) is 0 Å². The van der Waals surface area contributed by atoms with E-state index in [1.807, 2.05) is 41.2 Å². The largest absolute Gasteiger partial charge is 0.325 e. The Morgan fingerprint density at radius 3 is 2.46 bits per heavy atom. The Morgan fingerprint density at radius 1 is 1.12 bits per heavy atom. The minimum Gasteiger partial charge on any atom is -0.325 e.